The molecule has 0 saturated heterocycles. The smallest absolute Gasteiger partial charge is 0.267 e. The Morgan fingerprint density at radius 3 is 1.50 bits per heavy atom. The fourth-order valence-corrected chi connectivity index (χ4v) is 1.18. The first-order chi connectivity index (χ1) is 6.74. The highest BCUT2D eigenvalue weighted by Gasteiger charge is 1.89. The second-order valence-corrected chi connectivity index (χ2v) is 3.23. The predicted molar refractivity (Wildman–Crippen MR) is 61.4 cm³/mol. The molecule has 0 aliphatic rings. The van der Waals surface area contributed by atoms with E-state index < -0.39 is 0 Å². The number of rotatable bonds is 3. The van der Waals surface area contributed by atoms with Crippen LogP contribution in [0, 0.1) is 0 Å². The molecule has 0 radical (unpaired) electrons. The third kappa shape index (κ3) is 6.87. The number of pyridine rings is 1. The second kappa shape index (κ2) is 8.97. The quantitative estimate of drug-likeness (QED) is 0.751. The van der Waals surface area contributed by atoms with Crippen molar-refractivity contribution < 1.29 is 4.09 Å². The Labute approximate surface area is 92.2 Å². The van der Waals surface area contributed by atoms with Crippen LogP contribution in [0.15, 0.2) is 30.6 Å². The molecule has 14 heavy (non-hydrogen) atoms. The van der Waals surface area contributed by atoms with Crippen molar-refractivity contribution in [3.05, 3.63) is 30.6 Å². The lowest BCUT2D eigenvalue weighted by atomic mass is 10.5. The lowest BCUT2D eigenvalue weighted by Gasteiger charge is -2.13. The first kappa shape index (κ1) is 13.4. The lowest BCUT2D eigenvalue weighted by Crippen LogP contribution is -2.21. The van der Waals surface area contributed by atoms with Gasteiger partial charge in [-0.05, 0) is 19.6 Å². The third-order valence-electron chi connectivity index (χ3n) is 2.02. The summed E-state index contributed by atoms with van der Waals surface area (Å²) in [5, 5.41) is 0. The summed E-state index contributed by atoms with van der Waals surface area (Å²) in [4.78, 5) is 2.38. The molecule has 0 saturated carbocycles. The monoisotopic (exact) mass is 215 g/mol. The average molecular weight is 216 g/mol. The largest absolute Gasteiger partial charge is 0.304 e. The lowest BCUT2D eigenvalue weighted by molar-refractivity contribution is -0.519. The minimum Gasteiger partial charge on any atom is -0.304 e. The minimum atomic E-state index is 1.19. The van der Waals surface area contributed by atoms with Crippen molar-refractivity contribution in [3.8, 4) is 0 Å². The van der Waals surface area contributed by atoms with Crippen molar-refractivity contribution in [2.75, 3.05) is 19.6 Å². The molecule has 0 spiro atoms. The van der Waals surface area contributed by atoms with E-state index in [0.29, 0.717) is 0 Å². The molecule has 0 bridgehead atoms. The molecule has 1 aromatic heterocycles. The van der Waals surface area contributed by atoms with Crippen LogP contribution < -0.4 is 4.09 Å². The van der Waals surface area contributed by atoms with Crippen molar-refractivity contribution in [1.82, 2.24) is 4.90 Å². The molecule has 1 heterocycles. The summed E-state index contributed by atoms with van der Waals surface area (Å²) in [7, 11) is 0. The van der Waals surface area contributed by atoms with Gasteiger partial charge in [0.05, 0.1) is 0 Å². The number of halogens is 1. The van der Waals surface area contributed by atoms with Gasteiger partial charge in [0.25, 0.3) is 11.8 Å². The maximum Gasteiger partial charge on any atom is 0.267 e. The van der Waals surface area contributed by atoms with Gasteiger partial charge in [-0.1, -0.05) is 30.9 Å². The van der Waals surface area contributed by atoms with Gasteiger partial charge in [0.2, 0.25) is 0 Å². The topological polar surface area (TPSA) is 7.12 Å². The van der Waals surface area contributed by atoms with E-state index >= 15 is 0 Å². The molecular formula is C11H20ClN2+. The molecule has 0 unspecified atom stereocenters. The van der Waals surface area contributed by atoms with Crippen LogP contribution in [0.5, 0.6) is 0 Å². The van der Waals surface area contributed by atoms with Gasteiger partial charge in [-0.2, -0.15) is 0 Å². The number of aromatic nitrogens is 1. The van der Waals surface area contributed by atoms with E-state index in [2.05, 4.69) is 25.7 Å². The Bertz CT molecular complexity index is 204. The third-order valence-corrected chi connectivity index (χ3v) is 2.25. The van der Waals surface area contributed by atoms with Crippen LogP contribution in [-0.4, -0.2) is 24.5 Å². The molecule has 80 valence electrons. The summed E-state index contributed by atoms with van der Waals surface area (Å²) in [6.07, 6.45) is 3.53. The number of hydrogen-bond acceptors (Lipinski definition) is 1. The summed E-state index contributed by atoms with van der Waals surface area (Å²) in [6.45, 7) is 10.1. The minimum absolute atomic E-state index is 1.19. The van der Waals surface area contributed by atoms with Gasteiger partial charge in [-0.25, -0.2) is 0 Å². The molecule has 0 aliphatic carbocycles. The zero-order chi connectivity index (χ0) is 10.8. The fraction of sp³-hybridized carbons (Fsp3) is 0.545. The van der Waals surface area contributed by atoms with Crippen molar-refractivity contribution in [3.63, 3.8) is 0 Å². The first-order valence-electron chi connectivity index (χ1n) is 5.09. The maximum atomic E-state index is 5.46. The summed E-state index contributed by atoms with van der Waals surface area (Å²) in [5.74, 6) is 0. The van der Waals surface area contributed by atoms with E-state index in [1.165, 1.54) is 23.7 Å². The maximum absolute atomic E-state index is 5.46. The highest BCUT2D eigenvalue weighted by Crippen LogP contribution is 1.81. The van der Waals surface area contributed by atoms with E-state index in [-0.39, 0.29) is 0 Å². The molecule has 0 atom stereocenters. The van der Waals surface area contributed by atoms with E-state index in [9.17, 15) is 0 Å². The Hall–Kier alpha value is -0.600. The van der Waals surface area contributed by atoms with Crippen LogP contribution >= 0.6 is 11.8 Å². The van der Waals surface area contributed by atoms with Crippen LogP contribution in [0.1, 0.15) is 20.8 Å². The zero-order valence-electron chi connectivity index (χ0n) is 9.28. The molecule has 0 fully saturated rings. The highest BCUT2D eigenvalue weighted by molar-refractivity contribution is 6.04. The molecule has 2 nitrogen and oxygen atoms in total. The van der Waals surface area contributed by atoms with E-state index in [1.807, 2.05) is 18.2 Å². The zero-order valence-corrected chi connectivity index (χ0v) is 10.0. The van der Waals surface area contributed by atoms with Crippen LogP contribution in [-0.2, 0) is 0 Å². The van der Waals surface area contributed by atoms with Gasteiger partial charge in [0.15, 0.2) is 12.4 Å². The summed E-state index contributed by atoms with van der Waals surface area (Å²) < 4.78 is 1.47. The van der Waals surface area contributed by atoms with Crippen molar-refractivity contribution in [2.24, 2.45) is 0 Å². The fourth-order valence-electron chi connectivity index (χ4n) is 1.05. The van der Waals surface area contributed by atoms with E-state index in [0.717, 1.165) is 0 Å². The van der Waals surface area contributed by atoms with Gasteiger partial charge in [-0.3, -0.25) is 0 Å². The molecule has 1 rings (SSSR count). The molecule has 0 aliphatic heterocycles. The SMILES string of the molecule is CCN(CC)CC.Cl[n+]1ccccc1. The van der Waals surface area contributed by atoms with E-state index in [1.54, 1.807) is 12.4 Å². The molecular weight excluding hydrogens is 196 g/mol. The second-order valence-electron chi connectivity index (χ2n) is 2.84. The predicted octanol–water partition coefficient (Wildman–Crippen LogP) is 2.32. The van der Waals surface area contributed by atoms with Gasteiger partial charge in [0.1, 0.15) is 0 Å². The van der Waals surface area contributed by atoms with Gasteiger partial charge in [-0.15, -0.1) is 0 Å². The van der Waals surface area contributed by atoms with Gasteiger partial charge < -0.3 is 4.90 Å². The van der Waals surface area contributed by atoms with E-state index in [4.69, 9.17) is 11.8 Å². The van der Waals surface area contributed by atoms with Crippen LogP contribution in [0.3, 0.4) is 0 Å². The van der Waals surface area contributed by atoms with Crippen LogP contribution in [0.2, 0.25) is 0 Å². The Balaban J connectivity index is 0.000000241. The van der Waals surface area contributed by atoms with Crippen molar-refractivity contribution in [1.29, 1.82) is 0 Å². The summed E-state index contributed by atoms with van der Waals surface area (Å²) in [6, 6.07) is 5.65. The molecule has 0 aromatic carbocycles. The van der Waals surface area contributed by atoms with Crippen molar-refractivity contribution >= 4 is 11.8 Å². The number of hydrogen-bond donors (Lipinski definition) is 0. The summed E-state index contributed by atoms with van der Waals surface area (Å²) >= 11 is 5.46. The van der Waals surface area contributed by atoms with Crippen molar-refractivity contribution in [2.45, 2.75) is 20.8 Å². The van der Waals surface area contributed by atoms with Gasteiger partial charge in [0, 0.05) is 12.1 Å². The standard InChI is InChI=1S/C6H15N.C5H5ClN/c1-4-7(5-2)6-3;6-7-4-2-1-3-5-7/h4-6H2,1-3H3;1-5H/q;+1. The van der Waals surface area contributed by atoms with Gasteiger partial charge >= 0.3 is 0 Å². The highest BCUT2D eigenvalue weighted by atomic mass is 35.5. The number of nitrogens with zero attached hydrogens (tertiary/aromatic N) is 2. The summed E-state index contributed by atoms with van der Waals surface area (Å²) in [5.41, 5.74) is 0. The molecule has 0 N–H and O–H groups in total. The first-order valence-corrected chi connectivity index (χ1v) is 5.43. The molecule has 1 aromatic rings. The van der Waals surface area contributed by atoms with Crippen LogP contribution in [0.25, 0.3) is 0 Å². The average Bonchev–Trinajstić information content (AvgIpc) is 2.22. The Kier molecular flexibility index (Phi) is 8.59. The van der Waals surface area contributed by atoms with Crippen LogP contribution in [0.4, 0.5) is 0 Å². The molecule has 3 heteroatoms. The molecule has 0 amide bonds. The normalized spacial score (nSPS) is 9.50. The Morgan fingerprint density at radius 2 is 1.36 bits per heavy atom. The Morgan fingerprint density at radius 1 is 0.929 bits per heavy atom.